The minimum atomic E-state index is 0.148. The van der Waals surface area contributed by atoms with Crippen molar-refractivity contribution >= 4 is 21.8 Å². The molecule has 2 aliphatic rings. The lowest BCUT2D eigenvalue weighted by molar-refractivity contribution is -0.139. The van der Waals surface area contributed by atoms with Gasteiger partial charge in [-0.25, -0.2) is 0 Å². The summed E-state index contributed by atoms with van der Waals surface area (Å²) in [6.07, 6.45) is 2.56. The second-order valence-electron chi connectivity index (χ2n) is 6.25. The van der Waals surface area contributed by atoms with Crippen molar-refractivity contribution in [1.82, 2.24) is 9.80 Å². The molecule has 1 aliphatic carbocycles. The number of ether oxygens (including phenoxy) is 1. The average Bonchev–Trinajstić information content (AvgIpc) is 3.33. The van der Waals surface area contributed by atoms with E-state index in [2.05, 4.69) is 39.0 Å². The van der Waals surface area contributed by atoms with Gasteiger partial charge >= 0.3 is 0 Å². The molecular weight excluding hydrogens is 344 g/mol. The highest BCUT2D eigenvalue weighted by Crippen LogP contribution is 2.29. The molecule has 1 saturated carbocycles. The summed E-state index contributed by atoms with van der Waals surface area (Å²) < 4.78 is 6.64. The van der Waals surface area contributed by atoms with Crippen LogP contribution in [0.1, 0.15) is 25.3 Å². The molecule has 0 spiro atoms. The minimum absolute atomic E-state index is 0.148. The van der Waals surface area contributed by atoms with E-state index in [-0.39, 0.29) is 12.0 Å². The Balaban J connectivity index is 1.62. The van der Waals surface area contributed by atoms with Crippen LogP contribution in [0.25, 0.3) is 0 Å². The number of rotatable bonds is 5. The molecule has 2 fully saturated rings. The first kappa shape index (κ1) is 16.0. The molecule has 1 aromatic carbocycles. The fraction of sp³-hybridized carbons (Fsp3) is 0.588. The van der Waals surface area contributed by atoms with Crippen LogP contribution in [0.3, 0.4) is 0 Å². The largest absolute Gasteiger partial charge is 0.375 e. The highest BCUT2D eigenvalue weighted by atomic mass is 79.9. The molecule has 22 heavy (non-hydrogen) atoms. The van der Waals surface area contributed by atoms with Crippen molar-refractivity contribution in [3.63, 3.8) is 0 Å². The number of halogens is 1. The molecular formula is C17H23BrN2O2. The van der Waals surface area contributed by atoms with Gasteiger partial charge in [-0.05, 0) is 31.4 Å². The van der Waals surface area contributed by atoms with E-state index in [1.54, 1.807) is 0 Å². The summed E-state index contributed by atoms with van der Waals surface area (Å²) in [7, 11) is 0. The van der Waals surface area contributed by atoms with Crippen LogP contribution in [0.15, 0.2) is 28.7 Å². The molecule has 5 heteroatoms. The molecule has 3 rings (SSSR count). The van der Waals surface area contributed by atoms with Crippen molar-refractivity contribution in [2.75, 3.05) is 26.2 Å². The number of benzene rings is 1. The molecule has 1 aliphatic heterocycles. The van der Waals surface area contributed by atoms with E-state index in [0.717, 1.165) is 17.6 Å². The first-order chi connectivity index (χ1) is 10.6. The van der Waals surface area contributed by atoms with Crippen LogP contribution in [0.2, 0.25) is 0 Å². The van der Waals surface area contributed by atoms with Gasteiger partial charge in [0.1, 0.15) is 0 Å². The summed E-state index contributed by atoms with van der Waals surface area (Å²) in [6, 6.07) is 8.83. The average molecular weight is 367 g/mol. The normalized spacial score (nSPS) is 22.1. The SMILES string of the molecule is C[C@H]1CN(C(=O)CN(Cc2ccccc2Br)C2CC2)CCO1. The minimum Gasteiger partial charge on any atom is -0.375 e. The fourth-order valence-corrected chi connectivity index (χ4v) is 3.33. The van der Waals surface area contributed by atoms with Gasteiger partial charge in [-0.3, -0.25) is 9.69 Å². The summed E-state index contributed by atoms with van der Waals surface area (Å²) in [4.78, 5) is 16.8. The second-order valence-corrected chi connectivity index (χ2v) is 7.10. The second kappa shape index (κ2) is 7.11. The molecule has 0 unspecified atom stereocenters. The van der Waals surface area contributed by atoms with E-state index in [4.69, 9.17) is 4.74 Å². The van der Waals surface area contributed by atoms with E-state index in [1.165, 1.54) is 18.4 Å². The molecule has 0 N–H and O–H groups in total. The maximum Gasteiger partial charge on any atom is 0.236 e. The quantitative estimate of drug-likeness (QED) is 0.802. The fourth-order valence-electron chi connectivity index (χ4n) is 2.92. The standard InChI is InChI=1S/C17H23BrN2O2/c1-13-10-19(8-9-22-13)17(21)12-20(15-6-7-15)11-14-4-2-3-5-16(14)18/h2-5,13,15H,6-12H2,1H3/t13-/m0/s1. The Labute approximate surface area is 140 Å². The number of amides is 1. The molecule has 0 aromatic heterocycles. The van der Waals surface area contributed by atoms with E-state index in [0.29, 0.717) is 25.7 Å². The van der Waals surface area contributed by atoms with Crippen LogP contribution in [0.4, 0.5) is 0 Å². The molecule has 4 nitrogen and oxygen atoms in total. The third-order valence-electron chi connectivity index (χ3n) is 4.33. The Morgan fingerprint density at radius 2 is 2.18 bits per heavy atom. The van der Waals surface area contributed by atoms with Crippen LogP contribution in [0.5, 0.6) is 0 Å². The number of morpholine rings is 1. The van der Waals surface area contributed by atoms with E-state index in [1.807, 2.05) is 17.9 Å². The highest BCUT2D eigenvalue weighted by Gasteiger charge is 2.32. The molecule has 1 atom stereocenters. The van der Waals surface area contributed by atoms with Gasteiger partial charge in [0.15, 0.2) is 0 Å². The number of hydrogen-bond acceptors (Lipinski definition) is 3. The smallest absolute Gasteiger partial charge is 0.236 e. The van der Waals surface area contributed by atoms with Gasteiger partial charge in [0, 0.05) is 30.1 Å². The zero-order valence-electron chi connectivity index (χ0n) is 13.0. The first-order valence-corrected chi connectivity index (χ1v) is 8.79. The van der Waals surface area contributed by atoms with Crippen molar-refractivity contribution < 1.29 is 9.53 Å². The van der Waals surface area contributed by atoms with Crippen LogP contribution in [-0.4, -0.2) is 54.1 Å². The monoisotopic (exact) mass is 366 g/mol. The Morgan fingerprint density at radius 3 is 2.86 bits per heavy atom. The van der Waals surface area contributed by atoms with Gasteiger partial charge in [-0.1, -0.05) is 34.1 Å². The molecule has 1 saturated heterocycles. The summed E-state index contributed by atoms with van der Waals surface area (Å²) in [6.45, 7) is 5.46. The van der Waals surface area contributed by atoms with E-state index < -0.39 is 0 Å². The molecule has 1 aromatic rings. The van der Waals surface area contributed by atoms with Gasteiger partial charge in [-0.15, -0.1) is 0 Å². The summed E-state index contributed by atoms with van der Waals surface area (Å²) in [5.74, 6) is 0.231. The van der Waals surface area contributed by atoms with Crippen molar-refractivity contribution in [2.45, 2.75) is 38.5 Å². The zero-order chi connectivity index (χ0) is 15.5. The Kier molecular flexibility index (Phi) is 5.16. The maximum atomic E-state index is 12.6. The number of carbonyl (C=O) groups excluding carboxylic acids is 1. The lowest BCUT2D eigenvalue weighted by Crippen LogP contribution is -2.48. The van der Waals surface area contributed by atoms with Crippen molar-refractivity contribution in [2.24, 2.45) is 0 Å². The van der Waals surface area contributed by atoms with Crippen LogP contribution in [0, 0.1) is 0 Å². The van der Waals surface area contributed by atoms with Gasteiger partial charge in [0.2, 0.25) is 5.91 Å². The zero-order valence-corrected chi connectivity index (χ0v) is 14.6. The molecule has 1 amide bonds. The van der Waals surface area contributed by atoms with Crippen LogP contribution in [-0.2, 0) is 16.1 Å². The third-order valence-corrected chi connectivity index (χ3v) is 5.10. The summed E-state index contributed by atoms with van der Waals surface area (Å²) >= 11 is 3.61. The third kappa shape index (κ3) is 4.09. The topological polar surface area (TPSA) is 32.8 Å². The van der Waals surface area contributed by atoms with Gasteiger partial charge in [0.05, 0.1) is 19.3 Å². The summed E-state index contributed by atoms with van der Waals surface area (Å²) in [5, 5.41) is 0. The predicted octanol–water partition coefficient (Wildman–Crippen LogP) is 2.66. The Morgan fingerprint density at radius 1 is 1.41 bits per heavy atom. The van der Waals surface area contributed by atoms with Crippen molar-refractivity contribution in [1.29, 1.82) is 0 Å². The van der Waals surface area contributed by atoms with Crippen molar-refractivity contribution in [3.05, 3.63) is 34.3 Å². The number of carbonyl (C=O) groups is 1. The summed E-state index contributed by atoms with van der Waals surface area (Å²) in [5.41, 5.74) is 1.25. The number of nitrogens with zero attached hydrogens (tertiary/aromatic N) is 2. The lowest BCUT2D eigenvalue weighted by Gasteiger charge is -2.33. The number of hydrogen-bond donors (Lipinski definition) is 0. The predicted molar refractivity (Wildman–Crippen MR) is 89.6 cm³/mol. The Bertz CT molecular complexity index is 533. The van der Waals surface area contributed by atoms with Gasteiger partial charge in [-0.2, -0.15) is 0 Å². The highest BCUT2D eigenvalue weighted by molar-refractivity contribution is 9.10. The lowest BCUT2D eigenvalue weighted by atomic mass is 10.2. The van der Waals surface area contributed by atoms with Crippen LogP contribution < -0.4 is 0 Å². The van der Waals surface area contributed by atoms with Gasteiger partial charge in [0.25, 0.3) is 0 Å². The van der Waals surface area contributed by atoms with Crippen LogP contribution >= 0.6 is 15.9 Å². The molecule has 0 bridgehead atoms. The molecule has 1 heterocycles. The van der Waals surface area contributed by atoms with E-state index >= 15 is 0 Å². The Hall–Kier alpha value is -0.910. The molecule has 120 valence electrons. The van der Waals surface area contributed by atoms with Gasteiger partial charge < -0.3 is 9.64 Å². The molecule has 0 radical (unpaired) electrons. The van der Waals surface area contributed by atoms with E-state index in [9.17, 15) is 4.79 Å². The van der Waals surface area contributed by atoms with Crippen molar-refractivity contribution in [3.8, 4) is 0 Å². The maximum absolute atomic E-state index is 12.6. The first-order valence-electron chi connectivity index (χ1n) is 8.00.